The number of halogens is 2. The smallest absolute Gasteiger partial charge is 0.174 e. The number of benzene rings is 1. The molecular formula is C11H13ClFNO2. The summed E-state index contributed by atoms with van der Waals surface area (Å²) in [5.41, 5.74) is 6.12. The lowest BCUT2D eigenvalue weighted by molar-refractivity contribution is 0.415. The Kier molecular flexibility index (Phi) is 2.72. The van der Waals surface area contributed by atoms with Gasteiger partial charge in [-0.1, -0.05) is 11.6 Å². The summed E-state index contributed by atoms with van der Waals surface area (Å²) in [5, 5.41) is 18.4. The number of phenolic OH excluding ortho intramolecular Hbond substituents is 2. The zero-order valence-corrected chi connectivity index (χ0v) is 9.39. The minimum Gasteiger partial charge on any atom is -0.506 e. The number of hydrogen-bond donors (Lipinski definition) is 3. The van der Waals surface area contributed by atoms with E-state index in [1.165, 1.54) is 0 Å². The van der Waals surface area contributed by atoms with Gasteiger partial charge in [0.05, 0.1) is 0 Å². The van der Waals surface area contributed by atoms with E-state index in [9.17, 15) is 9.50 Å². The highest BCUT2D eigenvalue weighted by Crippen LogP contribution is 2.41. The van der Waals surface area contributed by atoms with Crippen LogP contribution in [0.2, 0.25) is 5.02 Å². The zero-order valence-electron chi connectivity index (χ0n) is 8.63. The second kappa shape index (κ2) is 3.79. The SMILES string of the molecule is NC1(CCc2cc(F)c(O)c(Cl)c2O)CC1. The molecule has 0 unspecified atom stereocenters. The van der Waals surface area contributed by atoms with Gasteiger partial charge in [0.1, 0.15) is 10.8 Å². The highest BCUT2D eigenvalue weighted by molar-refractivity contribution is 6.33. The van der Waals surface area contributed by atoms with E-state index in [0.717, 1.165) is 18.9 Å². The van der Waals surface area contributed by atoms with Gasteiger partial charge < -0.3 is 15.9 Å². The highest BCUT2D eigenvalue weighted by atomic mass is 35.5. The van der Waals surface area contributed by atoms with Crippen LogP contribution >= 0.6 is 11.6 Å². The third kappa shape index (κ3) is 2.08. The van der Waals surface area contributed by atoms with Crippen LogP contribution in [0, 0.1) is 5.82 Å². The molecule has 0 bridgehead atoms. The van der Waals surface area contributed by atoms with E-state index in [2.05, 4.69) is 0 Å². The molecule has 1 aliphatic carbocycles. The van der Waals surface area contributed by atoms with Crippen LogP contribution in [0.1, 0.15) is 24.8 Å². The summed E-state index contributed by atoms with van der Waals surface area (Å²) in [7, 11) is 0. The van der Waals surface area contributed by atoms with Crippen LogP contribution in [0.25, 0.3) is 0 Å². The number of rotatable bonds is 3. The molecule has 1 aromatic carbocycles. The number of phenols is 2. The van der Waals surface area contributed by atoms with Gasteiger partial charge in [0.2, 0.25) is 0 Å². The summed E-state index contributed by atoms with van der Waals surface area (Å²) in [6.45, 7) is 0. The first kappa shape index (κ1) is 11.5. The fourth-order valence-electron chi connectivity index (χ4n) is 1.63. The molecular weight excluding hydrogens is 233 g/mol. The lowest BCUT2D eigenvalue weighted by atomic mass is 10.0. The van der Waals surface area contributed by atoms with Crippen LogP contribution in [0.4, 0.5) is 4.39 Å². The summed E-state index contributed by atoms with van der Waals surface area (Å²) < 4.78 is 13.2. The van der Waals surface area contributed by atoms with Gasteiger partial charge in [-0.05, 0) is 37.3 Å². The minimum atomic E-state index is -0.820. The summed E-state index contributed by atoms with van der Waals surface area (Å²) in [5.74, 6) is -1.79. The molecule has 1 saturated carbocycles. The van der Waals surface area contributed by atoms with Gasteiger partial charge in [0, 0.05) is 5.54 Å². The van der Waals surface area contributed by atoms with E-state index in [1.54, 1.807) is 0 Å². The third-order valence-electron chi connectivity index (χ3n) is 3.03. The van der Waals surface area contributed by atoms with Crippen LogP contribution < -0.4 is 5.73 Å². The molecule has 0 radical (unpaired) electrons. The summed E-state index contributed by atoms with van der Waals surface area (Å²) in [4.78, 5) is 0. The molecule has 0 spiro atoms. The monoisotopic (exact) mass is 245 g/mol. The molecule has 4 N–H and O–H groups in total. The lowest BCUT2D eigenvalue weighted by Crippen LogP contribution is -2.22. The Balaban J connectivity index is 2.20. The van der Waals surface area contributed by atoms with E-state index in [0.29, 0.717) is 18.4 Å². The van der Waals surface area contributed by atoms with Crippen molar-refractivity contribution in [2.24, 2.45) is 5.73 Å². The molecule has 0 heterocycles. The molecule has 0 aromatic heterocycles. The van der Waals surface area contributed by atoms with Gasteiger partial charge in [0.15, 0.2) is 11.6 Å². The first-order chi connectivity index (χ1) is 7.43. The van der Waals surface area contributed by atoms with E-state index < -0.39 is 11.6 Å². The van der Waals surface area contributed by atoms with E-state index in [1.807, 2.05) is 0 Å². The van der Waals surface area contributed by atoms with Crippen molar-refractivity contribution in [1.29, 1.82) is 0 Å². The number of aromatic hydroxyl groups is 2. The van der Waals surface area contributed by atoms with Crippen molar-refractivity contribution in [2.45, 2.75) is 31.2 Å². The molecule has 88 valence electrons. The molecule has 0 aliphatic heterocycles. The number of nitrogens with two attached hydrogens (primary N) is 1. The lowest BCUT2D eigenvalue weighted by Gasteiger charge is -2.11. The average Bonchev–Trinajstić information content (AvgIpc) is 2.98. The molecule has 1 aromatic rings. The maximum Gasteiger partial charge on any atom is 0.174 e. The summed E-state index contributed by atoms with van der Waals surface area (Å²) in [6.07, 6.45) is 3.06. The Labute approximate surface area is 97.6 Å². The Morgan fingerprint density at radius 3 is 2.56 bits per heavy atom. The minimum absolute atomic E-state index is 0.159. The molecule has 0 amide bonds. The van der Waals surface area contributed by atoms with Crippen molar-refractivity contribution >= 4 is 11.6 Å². The van der Waals surface area contributed by atoms with Crippen LogP contribution in [0.5, 0.6) is 11.5 Å². The van der Waals surface area contributed by atoms with Crippen molar-refractivity contribution in [2.75, 3.05) is 0 Å². The fraction of sp³-hybridized carbons (Fsp3) is 0.455. The summed E-state index contributed by atoms with van der Waals surface area (Å²) in [6, 6.07) is 1.10. The normalized spacial score (nSPS) is 17.4. The molecule has 3 nitrogen and oxygen atoms in total. The largest absolute Gasteiger partial charge is 0.506 e. The van der Waals surface area contributed by atoms with Crippen molar-refractivity contribution in [3.8, 4) is 11.5 Å². The quantitative estimate of drug-likeness (QED) is 0.766. The predicted molar refractivity (Wildman–Crippen MR) is 59.2 cm³/mol. The number of hydrogen-bond acceptors (Lipinski definition) is 3. The van der Waals surface area contributed by atoms with Gasteiger partial charge in [-0.3, -0.25) is 0 Å². The van der Waals surface area contributed by atoms with Gasteiger partial charge in [0.25, 0.3) is 0 Å². The van der Waals surface area contributed by atoms with Gasteiger partial charge in [-0.2, -0.15) is 0 Å². The van der Waals surface area contributed by atoms with E-state index >= 15 is 0 Å². The van der Waals surface area contributed by atoms with Gasteiger partial charge in [-0.25, -0.2) is 4.39 Å². The Morgan fingerprint density at radius 1 is 1.38 bits per heavy atom. The predicted octanol–water partition coefficient (Wildman–Crippen LogP) is 2.31. The van der Waals surface area contributed by atoms with Crippen LogP contribution in [0.3, 0.4) is 0 Å². The maximum atomic E-state index is 13.2. The second-order valence-corrected chi connectivity index (χ2v) is 4.77. The molecule has 5 heteroatoms. The molecule has 16 heavy (non-hydrogen) atoms. The average molecular weight is 246 g/mol. The second-order valence-electron chi connectivity index (χ2n) is 4.39. The van der Waals surface area contributed by atoms with Crippen molar-refractivity contribution in [3.63, 3.8) is 0 Å². The number of aryl methyl sites for hydroxylation is 1. The molecule has 0 atom stereocenters. The van der Waals surface area contributed by atoms with Gasteiger partial charge in [-0.15, -0.1) is 0 Å². The zero-order chi connectivity index (χ0) is 11.9. The van der Waals surface area contributed by atoms with Crippen molar-refractivity contribution < 1.29 is 14.6 Å². The molecule has 1 aliphatic rings. The van der Waals surface area contributed by atoms with Crippen LogP contribution in [-0.2, 0) is 6.42 Å². The van der Waals surface area contributed by atoms with Crippen LogP contribution in [0.15, 0.2) is 6.07 Å². The maximum absolute atomic E-state index is 13.2. The molecule has 0 saturated heterocycles. The molecule has 1 fully saturated rings. The third-order valence-corrected chi connectivity index (χ3v) is 3.39. The summed E-state index contributed by atoms with van der Waals surface area (Å²) >= 11 is 5.58. The topological polar surface area (TPSA) is 66.5 Å². The first-order valence-corrected chi connectivity index (χ1v) is 5.48. The molecule has 2 rings (SSSR count). The Bertz CT molecular complexity index is 432. The van der Waals surface area contributed by atoms with E-state index in [4.69, 9.17) is 22.4 Å². The van der Waals surface area contributed by atoms with E-state index in [-0.39, 0.29) is 16.3 Å². The van der Waals surface area contributed by atoms with Gasteiger partial charge >= 0.3 is 0 Å². The Morgan fingerprint density at radius 2 is 2.00 bits per heavy atom. The first-order valence-electron chi connectivity index (χ1n) is 5.11. The van der Waals surface area contributed by atoms with Crippen LogP contribution in [-0.4, -0.2) is 15.8 Å². The fourth-order valence-corrected chi connectivity index (χ4v) is 1.84. The highest BCUT2D eigenvalue weighted by Gasteiger charge is 2.37. The van der Waals surface area contributed by atoms with Crippen molar-refractivity contribution in [3.05, 3.63) is 22.5 Å². The van der Waals surface area contributed by atoms with Crippen molar-refractivity contribution in [1.82, 2.24) is 0 Å². The standard InChI is InChI=1S/C11H13ClFNO2/c12-8-9(15)6(5-7(13)10(8)16)1-2-11(14)3-4-11/h5,15-16H,1-4,14H2. The Hall–Kier alpha value is -1.00.